The van der Waals surface area contributed by atoms with Gasteiger partial charge in [-0.1, -0.05) is 6.07 Å². The van der Waals surface area contributed by atoms with Gasteiger partial charge in [-0.3, -0.25) is 19.6 Å². The predicted molar refractivity (Wildman–Crippen MR) is 113 cm³/mol. The van der Waals surface area contributed by atoms with Gasteiger partial charge < -0.3 is 5.32 Å². The van der Waals surface area contributed by atoms with Crippen molar-refractivity contribution in [3.8, 4) is 0 Å². The number of pyridine rings is 1. The van der Waals surface area contributed by atoms with Gasteiger partial charge in [-0.15, -0.1) is 0 Å². The molecule has 34 heavy (non-hydrogen) atoms. The number of carbonyl (C=O) groups is 1. The van der Waals surface area contributed by atoms with Crippen LogP contribution in [0.3, 0.4) is 0 Å². The molecule has 0 bridgehead atoms. The Labute approximate surface area is 192 Å². The molecule has 2 aliphatic rings. The third-order valence-electron chi connectivity index (χ3n) is 6.34. The number of carbonyl (C=O) groups excluding carboxylic acids is 1. The van der Waals surface area contributed by atoms with Crippen molar-refractivity contribution in [3.63, 3.8) is 0 Å². The molecular formula is C23H24F6N4O. The van der Waals surface area contributed by atoms with E-state index in [1.165, 1.54) is 0 Å². The first-order valence-corrected chi connectivity index (χ1v) is 11.0. The molecule has 0 amide bonds. The fourth-order valence-electron chi connectivity index (χ4n) is 4.73. The summed E-state index contributed by atoms with van der Waals surface area (Å²) in [5.74, 6) is -0.356. The van der Waals surface area contributed by atoms with E-state index in [2.05, 4.69) is 15.2 Å². The van der Waals surface area contributed by atoms with E-state index >= 15 is 0 Å². The summed E-state index contributed by atoms with van der Waals surface area (Å²) in [6, 6.07) is 4.30. The predicted octanol–water partition coefficient (Wildman–Crippen LogP) is 4.62. The summed E-state index contributed by atoms with van der Waals surface area (Å²) in [6.07, 6.45) is -4.67. The fraction of sp³-hybridized carbons (Fsp3) is 0.478. The molecule has 1 aromatic heterocycles. The zero-order chi connectivity index (χ0) is 24.5. The summed E-state index contributed by atoms with van der Waals surface area (Å²) in [7, 11) is 0. The van der Waals surface area contributed by atoms with Gasteiger partial charge in [-0.25, -0.2) is 0 Å². The second kappa shape index (κ2) is 9.53. The lowest BCUT2D eigenvalue weighted by molar-refractivity contribution is -0.143. The van der Waals surface area contributed by atoms with E-state index in [0.717, 1.165) is 25.9 Å². The molecule has 4 rings (SSSR count). The van der Waals surface area contributed by atoms with Gasteiger partial charge >= 0.3 is 12.4 Å². The van der Waals surface area contributed by atoms with Gasteiger partial charge in [0.2, 0.25) is 0 Å². The maximum Gasteiger partial charge on any atom is 0.416 e. The summed E-state index contributed by atoms with van der Waals surface area (Å²) in [6.45, 7) is 2.67. The molecule has 2 saturated heterocycles. The average Bonchev–Trinajstić information content (AvgIpc) is 3.25. The normalized spacial score (nSPS) is 20.7. The Bertz CT molecular complexity index is 979. The van der Waals surface area contributed by atoms with Gasteiger partial charge in [-0.2, -0.15) is 26.3 Å². The Morgan fingerprint density at radius 3 is 2.38 bits per heavy atom. The summed E-state index contributed by atoms with van der Waals surface area (Å²) < 4.78 is 78.9. The topological polar surface area (TPSA) is 48.5 Å². The summed E-state index contributed by atoms with van der Waals surface area (Å²) >= 11 is 0. The van der Waals surface area contributed by atoms with Gasteiger partial charge in [0.15, 0.2) is 5.78 Å². The van der Waals surface area contributed by atoms with Crippen molar-refractivity contribution in [1.29, 1.82) is 0 Å². The molecule has 5 nitrogen and oxygen atoms in total. The first-order chi connectivity index (χ1) is 16.0. The highest BCUT2D eigenvalue weighted by atomic mass is 19.4. The molecule has 2 fully saturated rings. The highest BCUT2D eigenvalue weighted by molar-refractivity contribution is 5.89. The minimum atomic E-state index is -4.96. The van der Waals surface area contributed by atoms with Crippen LogP contribution in [-0.2, 0) is 17.1 Å². The van der Waals surface area contributed by atoms with E-state index in [0.29, 0.717) is 36.8 Å². The number of piperazine rings is 1. The van der Waals surface area contributed by atoms with Crippen molar-refractivity contribution >= 4 is 11.5 Å². The van der Waals surface area contributed by atoms with E-state index in [-0.39, 0.29) is 11.8 Å². The molecule has 0 unspecified atom stereocenters. The van der Waals surface area contributed by atoms with E-state index < -0.39 is 41.8 Å². The lowest BCUT2D eigenvalue weighted by Crippen LogP contribution is -2.52. The number of alkyl halides is 6. The van der Waals surface area contributed by atoms with Crippen molar-refractivity contribution in [3.05, 3.63) is 59.4 Å². The van der Waals surface area contributed by atoms with E-state index in [1.54, 1.807) is 24.5 Å². The first-order valence-electron chi connectivity index (χ1n) is 11.0. The highest BCUT2D eigenvalue weighted by Gasteiger charge is 2.38. The molecule has 0 saturated carbocycles. The maximum atomic E-state index is 13.3. The number of aromatic nitrogens is 1. The Hall–Kier alpha value is -2.66. The molecule has 2 aliphatic heterocycles. The third kappa shape index (κ3) is 5.52. The van der Waals surface area contributed by atoms with Crippen molar-refractivity contribution in [2.75, 3.05) is 38.0 Å². The number of anilines is 1. The number of nitrogens with one attached hydrogen (secondary N) is 1. The number of fused-ring (bicyclic) bond motifs is 1. The number of ketones is 1. The zero-order valence-corrected chi connectivity index (χ0v) is 18.2. The van der Waals surface area contributed by atoms with Gasteiger partial charge in [-0.05, 0) is 49.2 Å². The van der Waals surface area contributed by atoms with E-state index in [4.69, 9.17) is 0 Å². The third-order valence-corrected chi connectivity index (χ3v) is 6.34. The minimum Gasteiger partial charge on any atom is -0.378 e. The standard InChI is InChI=1S/C23H24F6N4O/c24-22(25,26)16-9-17(23(27,28)29)11-18(10-16)31-13-20(34)21(15-3-1-5-30-12-15)33-8-7-32-6-2-4-19(32)14-33/h1,3,5,9-12,19,21,31H,2,4,6-8,13-14H2/t19-,21-/m1/s1. The molecule has 0 aliphatic carbocycles. The van der Waals surface area contributed by atoms with Crippen LogP contribution in [0.2, 0.25) is 0 Å². The molecule has 2 atom stereocenters. The van der Waals surface area contributed by atoms with Crippen LogP contribution in [0.15, 0.2) is 42.7 Å². The summed E-state index contributed by atoms with van der Waals surface area (Å²) in [5.41, 5.74) is -2.64. The Balaban J connectivity index is 1.55. The van der Waals surface area contributed by atoms with Crippen LogP contribution in [0.1, 0.15) is 35.6 Å². The second-order valence-corrected chi connectivity index (χ2v) is 8.63. The van der Waals surface area contributed by atoms with Crippen molar-refractivity contribution in [1.82, 2.24) is 14.8 Å². The number of nitrogens with zero attached hydrogens (tertiary/aromatic N) is 3. The van der Waals surface area contributed by atoms with Gasteiger partial charge in [0.05, 0.1) is 23.7 Å². The van der Waals surface area contributed by atoms with Crippen LogP contribution in [-0.4, -0.2) is 59.3 Å². The molecule has 1 N–H and O–H groups in total. The monoisotopic (exact) mass is 486 g/mol. The smallest absolute Gasteiger partial charge is 0.378 e. The van der Waals surface area contributed by atoms with Gasteiger partial charge in [0, 0.05) is 43.8 Å². The zero-order valence-electron chi connectivity index (χ0n) is 18.2. The van der Waals surface area contributed by atoms with E-state index in [1.807, 2.05) is 4.90 Å². The van der Waals surface area contributed by atoms with Gasteiger partial charge in [0.1, 0.15) is 0 Å². The summed E-state index contributed by atoms with van der Waals surface area (Å²) in [4.78, 5) is 21.8. The van der Waals surface area contributed by atoms with Crippen molar-refractivity contribution < 1.29 is 31.1 Å². The Kier molecular flexibility index (Phi) is 6.86. The molecule has 0 radical (unpaired) electrons. The number of hydrogen-bond acceptors (Lipinski definition) is 5. The second-order valence-electron chi connectivity index (χ2n) is 8.63. The van der Waals surface area contributed by atoms with Crippen molar-refractivity contribution in [2.24, 2.45) is 0 Å². The van der Waals surface area contributed by atoms with Gasteiger partial charge in [0.25, 0.3) is 0 Å². The van der Waals surface area contributed by atoms with Crippen LogP contribution in [0.4, 0.5) is 32.0 Å². The van der Waals surface area contributed by atoms with Crippen LogP contribution in [0, 0.1) is 0 Å². The first kappa shape index (κ1) is 24.5. The Morgan fingerprint density at radius 2 is 1.76 bits per heavy atom. The number of rotatable bonds is 6. The number of hydrogen-bond donors (Lipinski definition) is 1. The van der Waals surface area contributed by atoms with Crippen LogP contribution in [0.25, 0.3) is 0 Å². The quantitative estimate of drug-likeness (QED) is 0.604. The minimum absolute atomic E-state index is 0.0620. The lowest BCUT2D eigenvalue weighted by atomic mass is 9.99. The molecule has 2 aromatic rings. The number of halogens is 6. The number of Topliss-reactive ketones (excluding diaryl/α,β-unsaturated/α-hetero) is 1. The van der Waals surface area contributed by atoms with Crippen LogP contribution in [0.5, 0.6) is 0 Å². The fourth-order valence-corrected chi connectivity index (χ4v) is 4.73. The SMILES string of the molecule is O=C(CNc1cc(C(F)(F)F)cc(C(F)(F)F)c1)[C@@H](c1cccnc1)N1CCN2CCC[C@@H]2C1. The molecule has 0 spiro atoms. The molecular weight excluding hydrogens is 462 g/mol. The van der Waals surface area contributed by atoms with Crippen LogP contribution < -0.4 is 5.32 Å². The van der Waals surface area contributed by atoms with E-state index in [9.17, 15) is 31.1 Å². The molecule has 1 aromatic carbocycles. The van der Waals surface area contributed by atoms with Crippen molar-refractivity contribution in [2.45, 2.75) is 37.3 Å². The lowest BCUT2D eigenvalue weighted by Gasteiger charge is -2.41. The Morgan fingerprint density at radius 1 is 1.06 bits per heavy atom. The molecule has 3 heterocycles. The largest absolute Gasteiger partial charge is 0.416 e. The molecule has 11 heteroatoms. The number of benzene rings is 1. The summed E-state index contributed by atoms with van der Waals surface area (Å²) in [5, 5.41) is 2.50. The average molecular weight is 486 g/mol. The maximum absolute atomic E-state index is 13.3. The molecule has 184 valence electrons. The highest BCUT2D eigenvalue weighted by Crippen LogP contribution is 2.37. The van der Waals surface area contributed by atoms with Crippen LogP contribution >= 0.6 is 0 Å².